The summed E-state index contributed by atoms with van der Waals surface area (Å²) in [7, 11) is 1.32. The summed E-state index contributed by atoms with van der Waals surface area (Å²) in [6, 6.07) is 11.4. The molecule has 1 heterocycles. The molecule has 0 bridgehead atoms. The summed E-state index contributed by atoms with van der Waals surface area (Å²) in [5.41, 5.74) is 2.90. The van der Waals surface area contributed by atoms with Crippen LogP contribution >= 0.6 is 15.9 Å². The van der Waals surface area contributed by atoms with Crippen LogP contribution in [0.25, 0.3) is 6.08 Å². The van der Waals surface area contributed by atoms with Crippen molar-refractivity contribution in [3.8, 4) is 5.75 Å². The van der Waals surface area contributed by atoms with Gasteiger partial charge in [0.15, 0.2) is 0 Å². The number of nitro benzene ring substituents is 1. The lowest BCUT2D eigenvalue weighted by atomic mass is 10.1. The van der Waals surface area contributed by atoms with Crippen LogP contribution in [0.5, 0.6) is 5.75 Å². The van der Waals surface area contributed by atoms with Crippen molar-refractivity contribution in [1.82, 2.24) is 5.43 Å². The largest absolute Gasteiger partial charge is 0.489 e. The van der Waals surface area contributed by atoms with E-state index in [0.29, 0.717) is 15.7 Å². The number of methoxy groups -OCH3 is 1. The van der Waals surface area contributed by atoms with E-state index in [0.717, 1.165) is 5.01 Å². The Hall–Kier alpha value is -3.20. The zero-order valence-electron chi connectivity index (χ0n) is 13.4. The number of hydrogen-bond donors (Lipinski definition) is 1. The predicted molar refractivity (Wildman–Crippen MR) is 97.4 cm³/mol. The van der Waals surface area contributed by atoms with Gasteiger partial charge in [-0.2, -0.15) is 0 Å². The van der Waals surface area contributed by atoms with Gasteiger partial charge >= 0.3 is 5.69 Å². The van der Waals surface area contributed by atoms with E-state index in [1.165, 1.54) is 25.3 Å². The standard InChI is InChI=1S/C17H12BrN3O5/c1-26-15-13(18)8-10(9-14(15)21(24)25)7-12-16(22)19-20(17(12)23)11-5-3-2-4-6-11/h2-9H,1H3,(H,19,22). The van der Waals surface area contributed by atoms with Gasteiger partial charge in [0.1, 0.15) is 5.57 Å². The molecule has 0 aromatic heterocycles. The zero-order valence-corrected chi connectivity index (χ0v) is 15.0. The van der Waals surface area contributed by atoms with Crippen molar-refractivity contribution in [2.75, 3.05) is 12.1 Å². The van der Waals surface area contributed by atoms with E-state index in [4.69, 9.17) is 4.74 Å². The Balaban J connectivity index is 2.01. The third-order valence-corrected chi connectivity index (χ3v) is 4.25. The van der Waals surface area contributed by atoms with Crippen LogP contribution in [0.1, 0.15) is 5.56 Å². The summed E-state index contributed by atoms with van der Waals surface area (Å²) < 4.78 is 5.36. The van der Waals surface area contributed by atoms with Gasteiger partial charge in [0.05, 0.1) is 22.2 Å². The minimum Gasteiger partial charge on any atom is -0.489 e. The third-order valence-electron chi connectivity index (χ3n) is 3.66. The van der Waals surface area contributed by atoms with Crippen molar-refractivity contribution in [2.45, 2.75) is 0 Å². The highest BCUT2D eigenvalue weighted by atomic mass is 79.9. The van der Waals surface area contributed by atoms with Crippen molar-refractivity contribution in [2.24, 2.45) is 0 Å². The van der Waals surface area contributed by atoms with Gasteiger partial charge in [0.25, 0.3) is 11.8 Å². The number of anilines is 1. The highest BCUT2D eigenvalue weighted by Gasteiger charge is 2.34. The van der Waals surface area contributed by atoms with E-state index in [2.05, 4.69) is 21.4 Å². The van der Waals surface area contributed by atoms with Gasteiger partial charge in [0.2, 0.25) is 5.75 Å². The van der Waals surface area contributed by atoms with Crippen molar-refractivity contribution in [3.63, 3.8) is 0 Å². The number of nitro groups is 1. The first-order valence-electron chi connectivity index (χ1n) is 7.36. The van der Waals surface area contributed by atoms with Crippen molar-refractivity contribution >= 4 is 45.2 Å². The zero-order chi connectivity index (χ0) is 18.8. The first-order valence-corrected chi connectivity index (χ1v) is 8.15. The second-order valence-corrected chi connectivity index (χ2v) is 6.14. The number of benzene rings is 2. The van der Waals surface area contributed by atoms with Crippen molar-refractivity contribution in [1.29, 1.82) is 0 Å². The van der Waals surface area contributed by atoms with Crippen LogP contribution in [-0.2, 0) is 9.59 Å². The Bertz CT molecular complexity index is 943. The first kappa shape index (κ1) is 17.6. The molecule has 9 heteroatoms. The van der Waals surface area contributed by atoms with E-state index in [9.17, 15) is 19.7 Å². The fourth-order valence-corrected chi connectivity index (χ4v) is 3.13. The lowest BCUT2D eigenvalue weighted by Crippen LogP contribution is -2.35. The van der Waals surface area contributed by atoms with E-state index in [-0.39, 0.29) is 17.0 Å². The van der Waals surface area contributed by atoms with Gasteiger partial charge in [-0.25, -0.2) is 5.01 Å². The smallest absolute Gasteiger partial charge is 0.312 e. The molecule has 26 heavy (non-hydrogen) atoms. The lowest BCUT2D eigenvalue weighted by Gasteiger charge is -2.13. The number of ether oxygens (including phenoxy) is 1. The number of carbonyl (C=O) groups is 2. The van der Waals surface area contributed by atoms with E-state index in [1.807, 2.05) is 0 Å². The van der Waals surface area contributed by atoms with Gasteiger partial charge in [-0.05, 0) is 45.8 Å². The van der Waals surface area contributed by atoms with Crippen LogP contribution in [-0.4, -0.2) is 23.8 Å². The highest BCUT2D eigenvalue weighted by molar-refractivity contribution is 9.10. The summed E-state index contributed by atoms with van der Waals surface area (Å²) in [6.45, 7) is 0. The molecule has 0 atom stereocenters. The van der Waals surface area contributed by atoms with Gasteiger partial charge in [-0.3, -0.25) is 25.1 Å². The van der Waals surface area contributed by atoms with Crippen LogP contribution in [0.2, 0.25) is 0 Å². The molecule has 1 N–H and O–H groups in total. The fourth-order valence-electron chi connectivity index (χ4n) is 2.50. The molecular formula is C17H12BrN3O5. The number of amides is 2. The molecule has 0 aliphatic carbocycles. The Labute approximate surface area is 156 Å². The fraction of sp³-hybridized carbons (Fsp3) is 0.0588. The van der Waals surface area contributed by atoms with E-state index < -0.39 is 16.7 Å². The average Bonchev–Trinajstić information content (AvgIpc) is 2.90. The number of nitrogens with zero attached hydrogens (tertiary/aromatic N) is 2. The molecule has 3 rings (SSSR count). The number of carbonyl (C=O) groups excluding carboxylic acids is 2. The van der Waals surface area contributed by atoms with E-state index >= 15 is 0 Å². The van der Waals surface area contributed by atoms with E-state index in [1.54, 1.807) is 30.3 Å². The van der Waals surface area contributed by atoms with Crippen LogP contribution < -0.4 is 15.2 Å². The number of hydrogen-bond acceptors (Lipinski definition) is 5. The third kappa shape index (κ3) is 3.16. The molecule has 1 saturated heterocycles. The van der Waals surface area contributed by atoms with Gasteiger partial charge in [-0.1, -0.05) is 18.2 Å². The summed E-state index contributed by atoms with van der Waals surface area (Å²) >= 11 is 3.20. The normalized spacial score (nSPS) is 15.3. The maximum atomic E-state index is 12.6. The topological polar surface area (TPSA) is 102 Å². The molecule has 2 amide bonds. The number of para-hydroxylation sites is 1. The maximum Gasteiger partial charge on any atom is 0.312 e. The van der Waals surface area contributed by atoms with Crippen LogP contribution in [0.3, 0.4) is 0 Å². The minimum atomic E-state index is -0.599. The van der Waals surface area contributed by atoms with Gasteiger partial charge in [0, 0.05) is 6.07 Å². The second-order valence-electron chi connectivity index (χ2n) is 5.29. The molecule has 0 radical (unpaired) electrons. The van der Waals surface area contributed by atoms with Gasteiger partial charge < -0.3 is 4.74 Å². The van der Waals surface area contributed by atoms with Crippen LogP contribution in [0, 0.1) is 10.1 Å². The molecule has 1 aliphatic heterocycles. The molecule has 8 nitrogen and oxygen atoms in total. The highest BCUT2D eigenvalue weighted by Crippen LogP contribution is 2.37. The molecule has 1 fully saturated rings. The van der Waals surface area contributed by atoms with Crippen LogP contribution in [0.4, 0.5) is 11.4 Å². The number of rotatable bonds is 4. The maximum absolute atomic E-state index is 12.6. The van der Waals surface area contributed by atoms with Gasteiger partial charge in [-0.15, -0.1) is 0 Å². The Morgan fingerprint density at radius 2 is 1.92 bits per heavy atom. The summed E-state index contributed by atoms with van der Waals surface area (Å²) in [4.78, 5) is 35.4. The SMILES string of the molecule is COc1c(Br)cc(C=C2C(=O)NN(c3ccccc3)C2=O)cc1[N+](=O)[O-]. The Morgan fingerprint density at radius 3 is 2.54 bits per heavy atom. The second kappa shape index (κ2) is 6.96. The molecule has 2 aromatic rings. The number of nitrogens with one attached hydrogen (secondary N) is 1. The molecular weight excluding hydrogens is 406 g/mol. The quantitative estimate of drug-likeness (QED) is 0.356. The lowest BCUT2D eigenvalue weighted by molar-refractivity contribution is -0.385. The molecule has 1 aliphatic rings. The molecule has 0 spiro atoms. The Kier molecular flexibility index (Phi) is 4.72. The molecule has 2 aromatic carbocycles. The Morgan fingerprint density at radius 1 is 1.23 bits per heavy atom. The van der Waals surface area contributed by atoms with Crippen molar-refractivity contribution < 1.29 is 19.2 Å². The molecule has 132 valence electrons. The first-order chi connectivity index (χ1) is 12.4. The van der Waals surface area contributed by atoms with Crippen LogP contribution in [0.15, 0.2) is 52.5 Å². The van der Waals surface area contributed by atoms with Crippen molar-refractivity contribution in [3.05, 3.63) is 68.2 Å². The summed E-state index contributed by atoms with van der Waals surface area (Å²) in [5.74, 6) is -1.07. The average molecular weight is 418 g/mol. The molecule has 0 unspecified atom stereocenters. The summed E-state index contributed by atoms with van der Waals surface area (Å²) in [6.07, 6.45) is 1.30. The summed E-state index contributed by atoms with van der Waals surface area (Å²) in [5, 5.41) is 12.3. The number of halogens is 1. The number of hydrazine groups is 1. The predicted octanol–water partition coefficient (Wildman–Crippen LogP) is 2.83. The molecule has 0 saturated carbocycles. The minimum absolute atomic E-state index is 0.0604. The monoisotopic (exact) mass is 417 g/mol.